The molecular weight excluding hydrogens is 917 g/mol. The fraction of sp³-hybridized carbons (Fsp3) is 0.630. The fourth-order valence-corrected chi connectivity index (χ4v) is 9.22. The zero-order valence-corrected chi connectivity index (χ0v) is 45.1. The van der Waals surface area contributed by atoms with Gasteiger partial charge in [-0.15, -0.1) is 11.3 Å². The van der Waals surface area contributed by atoms with Crippen molar-refractivity contribution in [2.75, 3.05) is 68.3 Å². The number of thiophene rings is 1. The lowest BCUT2D eigenvalue weighted by Crippen LogP contribution is -2.54. The number of fused-ring (bicyclic) bond motifs is 1. The summed E-state index contributed by atoms with van der Waals surface area (Å²) >= 11 is 1.46. The predicted octanol–water partition coefficient (Wildman–Crippen LogP) is 9.44. The molecule has 1 aliphatic heterocycles. The van der Waals surface area contributed by atoms with Crippen LogP contribution in [0.4, 0.5) is 16.6 Å². The number of hydrogen-bond donors (Lipinski definition) is 4. The molecular formula is C54H84N10O6S. The van der Waals surface area contributed by atoms with Crippen LogP contribution >= 0.6 is 11.3 Å². The molecule has 0 saturated carbocycles. The second-order valence-electron chi connectivity index (χ2n) is 18.7. The number of aryl methyl sites for hydroxylation is 3. The van der Waals surface area contributed by atoms with Crippen molar-refractivity contribution in [3.8, 4) is 6.07 Å². The van der Waals surface area contributed by atoms with Crippen molar-refractivity contribution in [2.45, 2.75) is 158 Å². The van der Waals surface area contributed by atoms with E-state index in [1.54, 1.807) is 12.3 Å². The number of anilines is 3. The summed E-state index contributed by atoms with van der Waals surface area (Å²) in [6.45, 7) is 24.2. The summed E-state index contributed by atoms with van der Waals surface area (Å²) < 4.78 is 16.4. The molecule has 3 atom stereocenters. The molecule has 2 aromatic heterocycles. The zero-order chi connectivity index (χ0) is 52.3. The summed E-state index contributed by atoms with van der Waals surface area (Å²) in [5.41, 5.74) is 17.1. The molecule has 1 aliphatic carbocycles. The summed E-state index contributed by atoms with van der Waals surface area (Å²) in [7, 11) is 0. The lowest BCUT2D eigenvalue weighted by molar-refractivity contribution is -0.135. The molecule has 6 N–H and O–H groups in total. The van der Waals surface area contributed by atoms with Crippen molar-refractivity contribution < 1.29 is 28.6 Å². The minimum absolute atomic E-state index is 0.00559. The first-order valence-corrected chi connectivity index (χ1v) is 26.7. The van der Waals surface area contributed by atoms with Crippen LogP contribution in [-0.4, -0.2) is 98.1 Å². The molecule has 17 heteroatoms. The van der Waals surface area contributed by atoms with Gasteiger partial charge in [0.25, 0.3) is 0 Å². The first-order chi connectivity index (χ1) is 34.1. The van der Waals surface area contributed by atoms with E-state index in [1.807, 2.05) is 25.1 Å². The molecule has 5 rings (SSSR count). The van der Waals surface area contributed by atoms with E-state index in [9.17, 15) is 19.6 Å². The van der Waals surface area contributed by atoms with Gasteiger partial charge in [-0.1, -0.05) is 73.4 Å². The third kappa shape index (κ3) is 20.0. The van der Waals surface area contributed by atoms with Gasteiger partial charge in [0.15, 0.2) is 5.84 Å². The number of carbonyl (C=O) groups is 3. The van der Waals surface area contributed by atoms with Crippen LogP contribution < -0.4 is 26.6 Å². The van der Waals surface area contributed by atoms with Crippen LogP contribution in [-0.2, 0) is 41.4 Å². The van der Waals surface area contributed by atoms with Crippen molar-refractivity contribution >= 4 is 57.4 Å². The maximum atomic E-state index is 12.3. The number of nitrogens with zero attached hydrogens (tertiary/aromatic N) is 6. The van der Waals surface area contributed by atoms with Crippen molar-refractivity contribution in [3.63, 3.8) is 0 Å². The number of hydrogen-bond acceptors (Lipinski definition) is 13. The standard InChI is InChI=1S/C25H36N8S.C24H36N2O6.C5H12/c1-4-13-33(14-7-8-16(3)5-2)25-30-12-11-19(31-25)23(28)32-22(27)17-9-6-10-20-21(17)18(15-26)24(29)34-20;1-4-11-30-13-15-32-16-14-31-12-5-6-20-7-8-21(18(2)17-20)26(19(3)27)22-9-10-23(28)25-24(22)29;1-4-5(2)3/h11-12,16-17H,4-10,13-14,29H2,1-3H3,(H3,27,28,32);7-8,17,22H,4-6,9-16H2,1-3H3,(H,25,28,29);5H,4H2,1-3H3. The largest absolute Gasteiger partial charge is 0.389 e. The number of aliphatic imine (C=N–C) groups is 1. The summed E-state index contributed by atoms with van der Waals surface area (Å²) in [6.07, 6.45) is 13.4. The van der Waals surface area contributed by atoms with E-state index < -0.39 is 11.9 Å². The van der Waals surface area contributed by atoms with Crippen LogP contribution in [0.2, 0.25) is 0 Å². The quantitative estimate of drug-likeness (QED) is 0.0269. The third-order valence-electron chi connectivity index (χ3n) is 12.5. The number of piperidine rings is 1. The van der Waals surface area contributed by atoms with E-state index in [0.717, 1.165) is 98.5 Å². The molecule has 0 radical (unpaired) electrons. The van der Waals surface area contributed by atoms with Crippen molar-refractivity contribution in [1.29, 1.82) is 10.7 Å². The number of benzene rings is 1. The van der Waals surface area contributed by atoms with Crippen LogP contribution in [0.25, 0.3) is 0 Å². The molecule has 2 aliphatic rings. The van der Waals surface area contributed by atoms with Gasteiger partial charge in [-0.2, -0.15) is 5.26 Å². The molecule has 3 amide bonds. The highest BCUT2D eigenvalue weighted by molar-refractivity contribution is 7.16. The molecule has 392 valence electrons. The number of nitrogen functional groups attached to an aromatic ring is 1. The zero-order valence-electron chi connectivity index (χ0n) is 44.2. The highest BCUT2D eigenvalue weighted by Gasteiger charge is 2.35. The van der Waals surface area contributed by atoms with Gasteiger partial charge in [0, 0.05) is 62.3 Å². The molecule has 3 aromatic rings. The van der Waals surface area contributed by atoms with E-state index >= 15 is 0 Å². The summed E-state index contributed by atoms with van der Waals surface area (Å²) in [6, 6.07) is 9.15. The number of nitrogens with two attached hydrogens (primary N) is 2. The van der Waals surface area contributed by atoms with Gasteiger partial charge in [-0.3, -0.25) is 30.0 Å². The molecule has 16 nitrogen and oxygen atoms in total. The Morgan fingerprint density at radius 3 is 2.27 bits per heavy atom. The van der Waals surface area contributed by atoms with Gasteiger partial charge in [-0.05, 0) is 112 Å². The highest BCUT2D eigenvalue weighted by Crippen LogP contribution is 2.42. The van der Waals surface area contributed by atoms with Crippen LogP contribution in [0.15, 0.2) is 35.5 Å². The minimum Gasteiger partial charge on any atom is -0.389 e. The van der Waals surface area contributed by atoms with Crippen LogP contribution in [0.5, 0.6) is 0 Å². The maximum Gasteiger partial charge on any atom is 0.249 e. The van der Waals surface area contributed by atoms with Gasteiger partial charge in [0.2, 0.25) is 23.7 Å². The highest BCUT2D eigenvalue weighted by atomic mass is 32.1. The summed E-state index contributed by atoms with van der Waals surface area (Å²) in [5.74, 6) is 1.42. The van der Waals surface area contributed by atoms with Crippen LogP contribution in [0.1, 0.15) is 165 Å². The SMILES string of the molecule is CCC(C)C.CCCN(CCCC(C)CC)c1nccc(C(=N)N=C(N)C2CCCc3sc(N)c(C#N)c32)n1.CCCOCCOCCOCCCc1ccc(N(C(C)=O)C2CCC(=O)NC2=O)c(C)c1. The number of imide groups is 1. The number of amides is 3. The van der Waals surface area contributed by atoms with E-state index in [2.05, 4.69) is 79.7 Å². The van der Waals surface area contributed by atoms with E-state index in [0.29, 0.717) is 79.1 Å². The number of amidine groups is 2. The first kappa shape index (κ1) is 60.0. The van der Waals surface area contributed by atoms with Gasteiger partial charge in [-0.25, -0.2) is 15.0 Å². The summed E-state index contributed by atoms with van der Waals surface area (Å²) in [5, 5.41) is 21.0. The number of carbonyl (C=O) groups excluding carboxylic acids is 3. The molecule has 1 aromatic carbocycles. The fourth-order valence-electron chi connectivity index (χ4n) is 8.09. The normalized spacial score (nSPS) is 15.9. The van der Waals surface area contributed by atoms with Gasteiger partial charge >= 0.3 is 0 Å². The van der Waals surface area contributed by atoms with Crippen molar-refractivity contribution in [3.05, 3.63) is 63.3 Å². The monoisotopic (exact) mass is 1000 g/mol. The second-order valence-corrected chi connectivity index (χ2v) is 19.9. The Morgan fingerprint density at radius 2 is 1.66 bits per heavy atom. The van der Waals surface area contributed by atoms with Crippen molar-refractivity contribution in [1.82, 2.24) is 15.3 Å². The number of ether oxygens (including phenoxy) is 3. The molecule has 1 saturated heterocycles. The lowest BCUT2D eigenvalue weighted by Gasteiger charge is -2.33. The van der Waals surface area contributed by atoms with E-state index in [4.69, 9.17) is 31.1 Å². The second kappa shape index (κ2) is 32.6. The Hall–Kier alpha value is -5.28. The minimum atomic E-state index is -0.663. The van der Waals surface area contributed by atoms with Crippen LogP contribution in [0, 0.1) is 35.5 Å². The summed E-state index contributed by atoms with van der Waals surface area (Å²) in [4.78, 5) is 54.4. The maximum absolute atomic E-state index is 12.3. The Morgan fingerprint density at radius 1 is 0.972 bits per heavy atom. The molecule has 1 fully saturated rings. The number of aromatic nitrogens is 2. The number of nitriles is 1. The number of rotatable bonds is 25. The number of nitrogens with one attached hydrogen (secondary N) is 2. The Kier molecular flexibility index (Phi) is 27.6. The van der Waals surface area contributed by atoms with E-state index in [1.165, 1.54) is 42.4 Å². The Labute approximate surface area is 428 Å². The average Bonchev–Trinajstić information content (AvgIpc) is 3.69. The van der Waals surface area contributed by atoms with Gasteiger partial charge in [0.1, 0.15) is 28.6 Å². The Balaban J connectivity index is 0.000000343. The molecule has 3 heterocycles. The topological polar surface area (TPSA) is 235 Å². The van der Waals surface area contributed by atoms with Gasteiger partial charge < -0.3 is 30.6 Å². The molecule has 0 spiro atoms. The molecule has 71 heavy (non-hydrogen) atoms. The van der Waals surface area contributed by atoms with Crippen molar-refractivity contribution in [2.24, 2.45) is 22.6 Å². The third-order valence-corrected chi connectivity index (χ3v) is 13.6. The smallest absolute Gasteiger partial charge is 0.249 e. The van der Waals surface area contributed by atoms with E-state index in [-0.39, 0.29) is 30.0 Å². The predicted molar refractivity (Wildman–Crippen MR) is 288 cm³/mol. The van der Waals surface area contributed by atoms with Crippen LogP contribution in [0.3, 0.4) is 0 Å². The first-order valence-electron chi connectivity index (χ1n) is 25.9. The molecule has 0 bridgehead atoms. The molecule has 3 unspecified atom stereocenters. The average molecular weight is 1000 g/mol. The van der Waals surface area contributed by atoms with Gasteiger partial charge in [0.05, 0.1) is 32.0 Å². The lowest BCUT2D eigenvalue weighted by atomic mass is 9.84. The Bertz CT molecular complexity index is 2210.